The van der Waals surface area contributed by atoms with Crippen molar-refractivity contribution in [3.05, 3.63) is 60.2 Å². The van der Waals surface area contributed by atoms with Crippen LogP contribution in [0.3, 0.4) is 0 Å². The molecule has 0 radical (unpaired) electrons. The average molecular weight is 242 g/mol. The molecule has 0 bridgehead atoms. The number of rotatable bonds is 2. The normalized spacial score (nSPS) is 21.8. The van der Waals surface area contributed by atoms with Crippen LogP contribution in [0.15, 0.2) is 54.6 Å². The van der Waals surface area contributed by atoms with Crippen LogP contribution in [0.4, 0.5) is 0 Å². The summed E-state index contributed by atoms with van der Waals surface area (Å²) >= 11 is 0. The first-order chi connectivity index (χ1) is 8.75. The van der Waals surface area contributed by atoms with Gasteiger partial charge in [-0.05, 0) is 30.2 Å². The standard InChI is InChI=1S/C15H14O3/c16-15(17-13-7-2-1-3-8-13)11-10-12-6-4-5-9-14(12)18-15/h1-9,16H,10-11H2. The van der Waals surface area contributed by atoms with Crippen LogP contribution in [0.1, 0.15) is 12.0 Å². The van der Waals surface area contributed by atoms with Gasteiger partial charge in [-0.2, -0.15) is 0 Å². The van der Waals surface area contributed by atoms with Crippen molar-refractivity contribution in [1.29, 1.82) is 0 Å². The van der Waals surface area contributed by atoms with E-state index in [9.17, 15) is 5.11 Å². The summed E-state index contributed by atoms with van der Waals surface area (Å²) in [6.07, 6.45) is 1.15. The molecule has 0 saturated heterocycles. The summed E-state index contributed by atoms with van der Waals surface area (Å²) in [5.74, 6) is -0.294. The minimum absolute atomic E-state index is 0.416. The third kappa shape index (κ3) is 2.17. The van der Waals surface area contributed by atoms with Gasteiger partial charge >= 0.3 is 5.97 Å². The number of aryl methyl sites for hydroxylation is 1. The van der Waals surface area contributed by atoms with E-state index in [0.29, 0.717) is 17.9 Å². The summed E-state index contributed by atoms with van der Waals surface area (Å²) in [6, 6.07) is 16.9. The summed E-state index contributed by atoms with van der Waals surface area (Å²) in [5.41, 5.74) is 1.10. The molecule has 2 aromatic carbocycles. The van der Waals surface area contributed by atoms with E-state index in [1.54, 1.807) is 12.1 Å². The van der Waals surface area contributed by atoms with E-state index in [2.05, 4.69) is 0 Å². The highest BCUT2D eigenvalue weighted by atomic mass is 16.8. The maximum atomic E-state index is 10.3. The van der Waals surface area contributed by atoms with Crippen LogP contribution >= 0.6 is 0 Å². The fourth-order valence-electron chi connectivity index (χ4n) is 2.07. The van der Waals surface area contributed by atoms with Crippen molar-refractivity contribution >= 4 is 0 Å². The Hall–Kier alpha value is -2.00. The Morgan fingerprint density at radius 2 is 1.72 bits per heavy atom. The predicted molar refractivity (Wildman–Crippen MR) is 67.4 cm³/mol. The fraction of sp³-hybridized carbons (Fsp3) is 0.200. The number of aliphatic hydroxyl groups is 1. The Kier molecular flexibility index (Phi) is 2.68. The van der Waals surface area contributed by atoms with Crippen molar-refractivity contribution in [2.24, 2.45) is 0 Å². The molecule has 3 heteroatoms. The maximum Gasteiger partial charge on any atom is 0.369 e. The molecule has 0 amide bonds. The highest BCUT2D eigenvalue weighted by Crippen LogP contribution is 2.33. The average Bonchev–Trinajstić information content (AvgIpc) is 2.39. The van der Waals surface area contributed by atoms with Gasteiger partial charge in [-0.25, -0.2) is 0 Å². The van der Waals surface area contributed by atoms with E-state index < -0.39 is 5.97 Å². The summed E-state index contributed by atoms with van der Waals surface area (Å²) in [4.78, 5) is 0. The van der Waals surface area contributed by atoms with Crippen LogP contribution in [0, 0.1) is 0 Å². The number of ether oxygens (including phenoxy) is 2. The lowest BCUT2D eigenvalue weighted by Gasteiger charge is -2.33. The van der Waals surface area contributed by atoms with Gasteiger partial charge in [0, 0.05) is 0 Å². The lowest BCUT2D eigenvalue weighted by molar-refractivity contribution is -0.280. The summed E-state index contributed by atoms with van der Waals surface area (Å²) in [7, 11) is 0. The smallest absolute Gasteiger partial charge is 0.369 e. The van der Waals surface area contributed by atoms with Crippen LogP contribution in [0.5, 0.6) is 11.5 Å². The molecule has 18 heavy (non-hydrogen) atoms. The lowest BCUT2D eigenvalue weighted by atomic mass is 10.0. The van der Waals surface area contributed by atoms with E-state index in [1.807, 2.05) is 42.5 Å². The number of fused-ring (bicyclic) bond motifs is 1. The zero-order valence-corrected chi connectivity index (χ0v) is 9.87. The monoisotopic (exact) mass is 242 g/mol. The number of benzene rings is 2. The lowest BCUT2D eigenvalue weighted by Crippen LogP contribution is -2.45. The molecular weight excluding hydrogens is 228 g/mol. The summed E-state index contributed by atoms with van der Waals surface area (Å²) in [5, 5.41) is 10.3. The Bertz CT molecular complexity index is 538. The van der Waals surface area contributed by atoms with Crippen LogP contribution in [-0.2, 0) is 6.42 Å². The molecule has 0 aromatic heterocycles. The van der Waals surface area contributed by atoms with Crippen LogP contribution in [-0.4, -0.2) is 11.1 Å². The molecule has 1 aliphatic rings. The molecule has 0 saturated carbocycles. The van der Waals surface area contributed by atoms with Gasteiger partial charge in [-0.3, -0.25) is 0 Å². The molecule has 1 atom stereocenters. The number of para-hydroxylation sites is 2. The van der Waals surface area contributed by atoms with Gasteiger partial charge < -0.3 is 14.6 Å². The Morgan fingerprint density at radius 3 is 2.56 bits per heavy atom. The highest BCUT2D eigenvalue weighted by molar-refractivity contribution is 5.35. The molecule has 1 N–H and O–H groups in total. The molecule has 1 unspecified atom stereocenters. The van der Waals surface area contributed by atoms with Crippen molar-refractivity contribution in [1.82, 2.24) is 0 Å². The van der Waals surface area contributed by atoms with E-state index in [0.717, 1.165) is 12.0 Å². The third-order valence-electron chi connectivity index (χ3n) is 2.97. The molecule has 3 nitrogen and oxygen atoms in total. The molecule has 3 rings (SSSR count). The Balaban J connectivity index is 1.82. The van der Waals surface area contributed by atoms with Crippen molar-refractivity contribution in [2.45, 2.75) is 18.8 Å². The zero-order valence-electron chi connectivity index (χ0n) is 9.87. The minimum Gasteiger partial charge on any atom is -0.430 e. The topological polar surface area (TPSA) is 38.7 Å². The van der Waals surface area contributed by atoms with E-state index in [-0.39, 0.29) is 0 Å². The van der Waals surface area contributed by atoms with Gasteiger partial charge in [0.15, 0.2) is 0 Å². The zero-order chi connectivity index (χ0) is 12.4. The second-order valence-corrected chi connectivity index (χ2v) is 4.34. The summed E-state index contributed by atoms with van der Waals surface area (Å²) in [6.45, 7) is 0. The molecule has 1 heterocycles. The Labute approximate surface area is 106 Å². The second-order valence-electron chi connectivity index (χ2n) is 4.34. The number of hydrogen-bond acceptors (Lipinski definition) is 3. The summed E-state index contributed by atoms with van der Waals surface area (Å²) < 4.78 is 11.1. The van der Waals surface area contributed by atoms with Gasteiger partial charge in [0.2, 0.25) is 0 Å². The second kappa shape index (κ2) is 4.35. The van der Waals surface area contributed by atoms with Crippen molar-refractivity contribution in [2.75, 3.05) is 0 Å². The highest BCUT2D eigenvalue weighted by Gasteiger charge is 2.36. The van der Waals surface area contributed by atoms with Crippen molar-refractivity contribution in [3.63, 3.8) is 0 Å². The SMILES string of the molecule is OC1(Oc2ccccc2)CCc2ccccc2O1. The van der Waals surface area contributed by atoms with E-state index >= 15 is 0 Å². The van der Waals surface area contributed by atoms with Crippen LogP contribution < -0.4 is 9.47 Å². The van der Waals surface area contributed by atoms with Gasteiger partial charge in [-0.1, -0.05) is 36.4 Å². The van der Waals surface area contributed by atoms with Gasteiger partial charge in [0.05, 0.1) is 6.42 Å². The molecule has 2 aromatic rings. The van der Waals surface area contributed by atoms with Gasteiger partial charge in [-0.15, -0.1) is 0 Å². The van der Waals surface area contributed by atoms with Gasteiger partial charge in [0.25, 0.3) is 0 Å². The Morgan fingerprint density at radius 1 is 1.00 bits per heavy atom. The van der Waals surface area contributed by atoms with Crippen molar-refractivity contribution < 1.29 is 14.6 Å². The van der Waals surface area contributed by atoms with Crippen molar-refractivity contribution in [3.8, 4) is 11.5 Å². The molecule has 0 fully saturated rings. The van der Waals surface area contributed by atoms with Gasteiger partial charge in [0.1, 0.15) is 11.5 Å². The van der Waals surface area contributed by atoms with E-state index in [4.69, 9.17) is 9.47 Å². The maximum absolute atomic E-state index is 10.3. The fourth-order valence-corrected chi connectivity index (χ4v) is 2.07. The first-order valence-electron chi connectivity index (χ1n) is 5.99. The molecule has 1 aliphatic heterocycles. The minimum atomic E-state index is -1.57. The first-order valence-corrected chi connectivity index (χ1v) is 5.99. The van der Waals surface area contributed by atoms with Crippen LogP contribution in [0.25, 0.3) is 0 Å². The quantitative estimate of drug-likeness (QED) is 0.823. The molecule has 0 aliphatic carbocycles. The molecule has 0 spiro atoms. The van der Waals surface area contributed by atoms with Crippen LogP contribution in [0.2, 0.25) is 0 Å². The largest absolute Gasteiger partial charge is 0.430 e. The third-order valence-corrected chi connectivity index (χ3v) is 2.97. The predicted octanol–water partition coefficient (Wildman–Crippen LogP) is 2.74. The first kappa shape index (κ1) is 11.1. The number of hydrogen-bond donors (Lipinski definition) is 1. The molecule has 92 valence electrons. The molecular formula is C15H14O3. The van der Waals surface area contributed by atoms with E-state index in [1.165, 1.54) is 0 Å².